The number of nitrogens with zero attached hydrogens (tertiary/aromatic N) is 2. The predicted molar refractivity (Wildman–Crippen MR) is 104 cm³/mol. The van der Waals surface area contributed by atoms with Crippen LogP contribution in [0.3, 0.4) is 0 Å². The van der Waals surface area contributed by atoms with Crippen LogP contribution in [0.1, 0.15) is 29.3 Å². The summed E-state index contributed by atoms with van der Waals surface area (Å²) in [5, 5.41) is 10.1. The van der Waals surface area contributed by atoms with Crippen LogP contribution in [-0.4, -0.2) is 23.3 Å². The fourth-order valence-corrected chi connectivity index (χ4v) is 2.84. The Kier molecular flexibility index (Phi) is 4.76. The van der Waals surface area contributed by atoms with Gasteiger partial charge in [-0.1, -0.05) is 30.3 Å². The van der Waals surface area contributed by atoms with Gasteiger partial charge in [0.15, 0.2) is 6.10 Å². The zero-order chi connectivity index (χ0) is 19.5. The summed E-state index contributed by atoms with van der Waals surface area (Å²) in [5.74, 6) is 0.884. The molecule has 0 amide bonds. The van der Waals surface area contributed by atoms with E-state index in [2.05, 4.69) is 10.2 Å². The number of hydrogen-bond donors (Lipinski definition) is 0. The van der Waals surface area contributed by atoms with E-state index in [-0.39, 0.29) is 5.89 Å². The minimum atomic E-state index is -0.668. The van der Waals surface area contributed by atoms with Crippen LogP contribution in [0.25, 0.3) is 22.2 Å². The molecule has 0 saturated heterocycles. The lowest BCUT2D eigenvalue weighted by Crippen LogP contribution is -2.09. The smallest absolute Gasteiger partial charge is 0.338 e. The number of benzene rings is 3. The SMILES string of the molecule is COc1ccc(-c2nnc([C@@H](C)OC(=O)c3ccc4ccccc4c3)o2)cc1. The summed E-state index contributed by atoms with van der Waals surface area (Å²) in [7, 11) is 1.60. The first-order valence-corrected chi connectivity index (χ1v) is 8.81. The van der Waals surface area contributed by atoms with E-state index in [0.29, 0.717) is 11.5 Å². The average Bonchev–Trinajstić information content (AvgIpc) is 3.24. The second-order valence-corrected chi connectivity index (χ2v) is 6.28. The first-order chi connectivity index (χ1) is 13.6. The first-order valence-electron chi connectivity index (χ1n) is 8.81. The summed E-state index contributed by atoms with van der Waals surface area (Å²) in [4.78, 5) is 12.5. The maximum atomic E-state index is 12.5. The van der Waals surface area contributed by atoms with Crippen LogP contribution in [0.4, 0.5) is 0 Å². The Hall–Kier alpha value is -3.67. The summed E-state index contributed by atoms with van der Waals surface area (Å²) in [6.07, 6.45) is -0.668. The zero-order valence-electron chi connectivity index (χ0n) is 15.5. The number of hydrogen-bond acceptors (Lipinski definition) is 6. The Labute approximate surface area is 161 Å². The highest BCUT2D eigenvalue weighted by Gasteiger charge is 2.20. The van der Waals surface area contributed by atoms with Crippen molar-refractivity contribution in [3.05, 3.63) is 78.2 Å². The number of carbonyl (C=O) groups is 1. The molecule has 0 saturated carbocycles. The molecule has 6 heteroatoms. The Morgan fingerprint density at radius 2 is 1.71 bits per heavy atom. The molecule has 0 aliphatic heterocycles. The van der Waals surface area contributed by atoms with E-state index in [1.807, 2.05) is 54.6 Å². The zero-order valence-corrected chi connectivity index (χ0v) is 15.5. The Morgan fingerprint density at radius 1 is 0.964 bits per heavy atom. The van der Waals surface area contributed by atoms with E-state index in [1.54, 1.807) is 26.2 Å². The lowest BCUT2D eigenvalue weighted by Gasteiger charge is -2.10. The van der Waals surface area contributed by atoms with Crippen LogP contribution < -0.4 is 4.74 Å². The molecule has 0 N–H and O–H groups in total. The number of carbonyl (C=O) groups excluding carboxylic acids is 1. The van der Waals surface area contributed by atoms with E-state index >= 15 is 0 Å². The highest BCUT2D eigenvalue weighted by molar-refractivity contribution is 5.95. The van der Waals surface area contributed by atoms with Gasteiger partial charge >= 0.3 is 5.97 Å². The molecule has 1 heterocycles. The second kappa shape index (κ2) is 7.52. The maximum Gasteiger partial charge on any atom is 0.338 e. The molecule has 4 rings (SSSR count). The van der Waals surface area contributed by atoms with Gasteiger partial charge in [-0.2, -0.15) is 0 Å². The Bertz CT molecular complexity index is 1120. The fourth-order valence-electron chi connectivity index (χ4n) is 2.84. The number of rotatable bonds is 5. The standard InChI is InChI=1S/C22H18N2O4/c1-14(20-23-24-21(28-20)16-9-11-19(26-2)12-10-16)27-22(25)18-8-7-15-5-3-4-6-17(15)13-18/h3-14H,1-2H3/t14-/m1/s1. The van der Waals surface area contributed by atoms with Crippen molar-refractivity contribution in [2.45, 2.75) is 13.0 Å². The van der Waals surface area contributed by atoms with Gasteiger partial charge in [0.1, 0.15) is 5.75 Å². The van der Waals surface area contributed by atoms with Crippen LogP contribution in [0.5, 0.6) is 5.75 Å². The fraction of sp³-hybridized carbons (Fsp3) is 0.136. The van der Waals surface area contributed by atoms with Crippen LogP contribution in [0.15, 0.2) is 71.1 Å². The van der Waals surface area contributed by atoms with Gasteiger partial charge in [-0.15, -0.1) is 10.2 Å². The van der Waals surface area contributed by atoms with Gasteiger partial charge in [0.05, 0.1) is 12.7 Å². The molecule has 3 aromatic carbocycles. The Balaban J connectivity index is 1.48. The van der Waals surface area contributed by atoms with E-state index in [4.69, 9.17) is 13.9 Å². The molecule has 4 aromatic rings. The molecule has 0 radical (unpaired) electrons. The number of esters is 1. The molecular formula is C22H18N2O4. The number of ether oxygens (including phenoxy) is 2. The molecule has 1 atom stereocenters. The number of fused-ring (bicyclic) bond motifs is 1. The maximum absolute atomic E-state index is 12.5. The Morgan fingerprint density at radius 3 is 2.46 bits per heavy atom. The molecule has 0 spiro atoms. The van der Waals surface area contributed by atoms with Crippen LogP contribution in [0.2, 0.25) is 0 Å². The third kappa shape index (κ3) is 3.57. The van der Waals surface area contributed by atoms with Gasteiger partial charge in [0, 0.05) is 5.56 Å². The molecule has 140 valence electrons. The monoisotopic (exact) mass is 374 g/mol. The molecule has 0 fully saturated rings. The van der Waals surface area contributed by atoms with Gasteiger partial charge < -0.3 is 13.9 Å². The van der Waals surface area contributed by atoms with Gasteiger partial charge in [-0.3, -0.25) is 0 Å². The minimum absolute atomic E-state index is 0.236. The lowest BCUT2D eigenvalue weighted by atomic mass is 10.1. The van der Waals surface area contributed by atoms with Gasteiger partial charge in [-0.25, -0.2) is 4.79 Å². The van der Waals surface area contributed by atoms with Crippen molar-refractivity contribution in [2.75, 3.05) is 7.11 Å². The van der Waals surface area contributed by atoms with Crippen molar-refractivity contribution in [3.8, 4) is 17.2 Å². The van der Waals surface area contributed by atoms with E-state index < -0.39 is 12.1 Å². The van der Waals surface area contributed by atoms with Crippen LogP contribution >= 0.6 is 0 Å². The van der Waals surface area contributed by atoms with Crippen molar-refractivity contribution in [2.24, 2.45) is 0 Å². The van der Waals surface area contributed by atoms with Crippen molar-refractivity contribution in [1.82, 2.24) is 10.2 Å². The van der Waals surface area contributed by atoms with Crippen molar-refractivity contribution in [1.29, 1.82) is 0 Å². The average molecular weight is 374 g/mol. The minimum Gasteiger partial charge on any atom is -0.497 e. The summed E-state index contributed by atoms with van der Waals surface area (Å²) in [6.45, 7) is 1.70. The molecule has 0 unspecified atom stereocenters. The number of methoxy groups -OCH3 is 1. The third-order valence-corrected chi connectivity index (χ3v) is 4.39. The predicted octanol–water partition coefficient (Wildman–Crippen LogP) is 4.82. The summed E-state index contributed by atoms with van der Waals surface area (Å²) < 4.78 is 16.3. The van der Waals surface area contributed by atoms with Crippen molar-refractivity contribution < 1.29 is 18.7 Å². The summed E-state index contributed by atoms with van der Waals surface area (Å²) in [6, 6.07) is 20.5. The summed E-state index contributed by atoms with van der Waals surface area (Å²) in [5.41, 5.74) is 1.23. The van der Waals surface area contributed by atoms with Crippen molar-refractivity contribution >= 4 is 16.7 Å². The molecule has 1 aromatic heterocycles. The highest BCUT2D eigenvalue weighted by atomic mass is 16.6. The quantitative estimate of drug-likeness (QED) is 0.466. The van der Waals surface area contributed by atoms with Gasteiger partial charge in [-0.05, 0) is 54.1 Å². The van der Waals surface area contributed by atoms with E-state index in [9.17, 15) is 4.79 Å². The van der Waals surface area contributed by atoms with E-state index in [1.165, 1.54) is 0 Å². The second-order valence-electron chi connectivity index (χ2n) is 6.28. The highest BCUT2D eigenvalue weighted by Crippen LogP contribution is 2.25. The normalized spacial score (nSPS) is 11.9. The number of aromatic nitrogens is 2. The molecule has 0 aliphatic rings. The summed E-state index contributed by atoms with van der Waals surface area (Å²) >= 11 is 0. The van der Waals surface area contributed by atoms with Crippen LogP contribution in [0, 0.1) is 0 Å². The van der Waals surface area contributed by atoms with Crippen molar-refractivity contribution in [3.63, 3.8) is 0 Å². The van der Waals surface area contributed by atoms with Gasteiger partial charge in [0.2, 0.25) is 5.89 Å². The lowest BCUT2D eigenvalue weighted by molar-refractivity contribution is 0.0280. The van der Waals surface area contributed by atoms with E-state index in [0.717, 1.165) is 22.1 Å². The third-order valence-electron chi connectivity index (χ3n) is 4.39. The molecule has 0 aliphatic carbocycles. The van der Waals surface area contributed by atoms with Gasteiger partial charge in [0.25, 0.3) is 5.89 Å². The van der Waals surface area contributed by atoms with Crippen LogP contribution in [-0.2, 0) is 4.74 Å². The largest absolute Gasteiger partial charge is 0.497 e. The molecule has 0 bridgehead atoms. The molecule has 28 heavy (non-hydrogen) atoms. The molecule has 6 nitrogen and oxygen atoms in total. The first kappa shape index (κ1) is 17.7. The molecular weight excluding hydrogens is 356 g/mol. The topological polar surface area (TPSA) is 74.5 Å².